The third kappa shape index (κ3) is 4.30. The molecule has 0 radical (unpaired) electrons. The zero-order valence-corrected chi connectivity index (χ0v) is 16.8. The fraction of sp³-hybridized carbons (Fsp3) is 0.217. The van der Waals surface area contributed by atoms with E-state index in [1.54, 1.807) is 0 Å². The highest BCUT2D eigenvalue weighted by Crippen LogP contribution is 2.26. The van der Waals surface area contributed by atoms with Gasteiger partial charge in [0.25, 0.3) is 0 Å². The van der Waals surface area contributed by atoms with E-state index in [-0.39, 0.29) is 0 Å². The Morgan fingerprint density at radius 3 is 2.42 bits per heavy atom. The lowest BCUT2D eigenvalue weighted by Gasteiger charge is -2.20. The lowest BCUT2D eigenvalue weighted by Crippen LogP contribution is -2.41. The first-order chi connectivity index (χ1) is 14.9. The third-order valence-electron chi connectivity index (χ3n) is 5.57. The predicted octanol–water partition coefficient (Wildman–Crippen LogP) is 2.39. The normalized spacial score (nSPS) is 16.4. The van der Waals surface area contributed by atoms with Crippen molar-refractivity contribution in [3.63, 3.8) is 0 Å². The molecule has 0 saturated carbocycles. The van der Waals surface area contributed by atoms with Gasteiger partial charge in [0, 0.05) is 53.1 Å². The Morgan fingerprint density at radius 2 is 1.71 bits per heavy atom. The summed E-state index contributed by atoms with van der Waals surface area (Å²) in [6.45, 7) is 0.598. The molecule has 3 heterocycles. The molecule has 7 N–H and O–H groups in total. The van der Waals surface area contributed by atoms with Crippen molar-refractivity contribution in [1.29, 1.82) is 0 Å². The van der Waals surface area contributed by atoms with E-state index in [1.807, 2.05) is 54.7 Å². The van der Waals surface area contributed by atoms with Crippen molar-refractivity contribution >= 4 is 33.7 Å². The van der Waals surface area contributed by atoms with Crippen LogP contribution in [0, 0.1) is 0 Å². The zero-order chi connectivity index (χ0) is 22.0. The molecule has 1 aliphatic rings. The van der Waals surface area contributed by atoms with E-state index in [4.69, 9.17) is 15.9 Å². The molecule has 0 amide bonds. The average Bonchev–Trinajstić information content (AvgIpc) is 3.35. The summed E-state index contributed by atoms with van der Waals surface area (Å²) in [6.07, 6.45) is 2.71. The molecule has 1 aliphatic heterocycles. The summed E-state index contributed by atoms with van der Waals surface area (Å²) in [5, 5.41) is 22.9. The second-order valence-electron chi connectivity index (χ2n) is 7.61. The molecule has 0 bridgehead atoms. The number of benzene rings is 2. The standard InChI is InChI=1S/C12H12N2O2.C11H12N2O2/c15-12(16)10-5-8-7-3-1-2-4-9(7)14-11(8)6-13-10;12-9(11(14)15)5-7-6-13-10-4-2-1-3-8(7)10/h1-4,10,13-14H,5-6H2,(H,15,16);1-4,6,9,13H,5,12H2,(H,14,15)/t;9-/m.0/s1. The molecule has 8 nitrogen and oxygen atoms in total. The van der Waals surface area contributed by atoms with Crippen molar-refractivity contribution in [2.45, 2.75) is 31.5 Å². The average molecular weight is 420 g/mol. The highest BCUT2D eigenvalue weighted by atomic mass is 16.4. The quantitative estimate of drug-likeness (QED) is 0.299. The van der Waals surface area contributed by atoms with Gasteiger partial charge in [-0.25, -0.2) is 0 Å². The number of nitrogens with two attached hydrogens (primary N) is 1. The van der Waals surface area contributed by atoms with Crippen LogP contribution >= 0.6 is 0 Å². The third-order valence-corrected chi connectivity index (χ3v) is 5.57. The summed E-state index contributed by atoms with van der Waals surface area (Å²) in [4.78, 5) is 28.0. The van der Waals surface area contributed by atoms with Crippen molar-refractivity contribution in [2.24, 2.45) is 5.73 Å². The molecule has 5 rings (SSSR count). The minimum Gasteiger partial charge on any atom is -0.480 e. The molecule has 2 aromatic heterocycles. The summed E-state index contributed by atoms with van der Waals surface area (Å²) in [5.74, 6) is -1.75. The van der Waals surface area contributed by atoms with Crippen LogP contribution in [0.3, 0.4) is 0 Å². The van der Waals surface area contributed by atoms with Crippen LogP contribution in [-0.4, -0.2) is 44.2 Å². The van der Waals surface area contributed by atoms with Crippen LogP contribution in [0.15, 0.2) is 54.7 Å². The molecule has 0 aliphatic carbocycles. The maximum absolute atomic E-state index is 10.9. The van der Waals surface area contributed by atoms with Crippen molar-refractivity contribution in [3.8, 4) is 0 Å². The van der Waals surface area contributed by atoms with E-state index in [0.717, 1.165) is 38.6 Å². The maximum atomic E-state index is 10.9. The van der Waals surface area contributed by atoms with Gasteiger partial charge in [-0.1, -0.05) is 36.4 Å². The highest BCUT2D eigenvalue weighted by Gasteiger charge is 2.26. The Hall–Kier alpha value is -3.62. The molecular weight excluding hydrogens is 396 g/mol. The van der Waals surface area contributed by atoms with Crippen LogP contribution in [0.5, 0.6) is 0 Å². The Kier molecular flexibility index (Phi) is 5.75. The largest absolute Gasteiger partial charge is 0.480 e. The summed E-state index contributed by atoms with van der Waals surface area (Å²) in [5.41, 5.74) is 10.8. The van der Waals surface area contributed by atoms with Gasteiger partial charge in [-0.2, -0.15) is 0 Å². The Labute approximate surface area is 178 Å². The SMILES string of the molecule is N[C@@H](Cc1c[nH]c2ccccc12)C(=O)O.O=C(O)C1Cc2c([nH]c3ccccc23)CN1. The van der Waals surface area contributed by atoms with Gasteiger partial charge in [-0.15, -0.1) is 0 Å². The van der Waals surface area contributed by atoms with Gasteiger partial charge in [0.2, 0.25) is 0 Å². The van der Waals surface area contributed by atoms with E-state index < -0.39 is 24.0 Å². The topological polar surface area (TPSA) is 144 Å². The Morgan fingerprint density at radius 1 is 1.03 bits per heavy atom. The first kappa shape index (κ1) is 20.6. The second kappa shape index (κ2) is 8.63. The van der Waals surface area contributed by atoms with E-state index >= 15 is 0 Å². The first-order valence-electron chi connectivity index (χ1n) is 10.0. The molecule has 0 saturated heterocycles. The van der Waals surface area contributed by atoms with E-state index in [1.165, 1.54) is 0 Å². The second-order valence-corrected chi connectivity index (χ2v) is 7.61. The van der Waals surface area contributed by atoms with Crippen LogP contribution in [0.2, 0.25) is 0 Å². The first-order valence-corrected chi connectivity index (χ1v) is 10.0. The Bertz CT molecular complexity index is 1240. The summed E-state index contributed by atoms with van der Waals surface area (Å²) < 4.78 is 0. The van der Waals surface area contributed by atoms with Crippen LogP contribution in [0.25, 0.3) is 21.8 Å². The predicted molar refractivity (Wildman–Crippen MR) is 118 cm³/mol. The lowest BCUT2D eigenvalue weighted by atomic mass is 9.99. The summed E-state index contributed by atoms with van der Waals surface area (Å²) >= 11 is 0. The number of aliphatic carboxylic acids is 2. The molecule has 2 aromatic carbocycles. The molecule has 4 aromatic rings. The van der Waals surface area contributed by atoms with Crippen molar-refractivity contribution < 1.29 is 19.8 Å². The van der Waals surface area contributed by atoms with Crippen LogP contribution in [0.1, 0.15) is 16.8 Å². The molecule has 8 heteroatoms. The number of rotatable bonds is 4. The van der Waals surface area contributed by atoms with Crippen LogP contribution < -0.4 is 11.1 Å². The smallest absolute Gasteiger partial charge is 0.321 e. The summed E-state index contributed by atoms with van der Waals surface area (Å²) in [6, 6.07) is 14.5. The van der Waals surface area contributed by atoms with Crippen LogP contribution in [-0.2, 0) is 29.0 Å². The molecule has 160 valence electrons. The molecule has 2 atom stereocenters. The van der Waals surface area contributed by atoms with Crippen LogP contribution in [0.4, 0.5) is 0 Å². The minimum atomic E-state index is -0.972. The van der Waals surface area contributed by atoms with Crippen molar-refractivity contribution in [3.05, 3.63) is 71.5 Å². The van der Waals surface area contributed by atoms with E-state index in [2.05, 4.69) is 15.3 Å². The van der Waals surface area contributed by atoms with Gasteiger partial charge in [-0.05, 0) is 23.3 Å². The number of carboxylic acids is 2. The maximum Gasteiger partial charge on any atom is 0.321 e. The van der Waals surface area contributed by atoms with Gasteiger partial charge in [0.15, 0.2) is 0 Å². The Balaban J connectivity index is 0.000000150. The number of hydrogen-bond donors (Lipinski definition) is 6. The number of hydrogen-bond acceptors (Lipinski definition) is 4. The number of nitrogens with one attached hydrogen (secondary N) is 3. The molecule has 0 spiro atoms. The molecular formula is C23H24N4O4. The van der Waals surface area contributed by atoms with Crippen molar-refractivity contribution in [2.75, 3.05) is 0 Å². The molecule has 1 unspecified atom stereocenters. The summed E-state index contributed by atoms with van der Waals surface area (Å²) in [7, 11) is 0. The highest BCUT2D eigenvalue weighted by molar-refractivity contribution is 5.86. The fourth-order valence-electron chi connectivity index (χ4n) is 3.94. The minimum absolute atomic E-state index is 0.347. The fourth-order valence-corrected chi connectivity index (χ4v) is 3.94. The van der Waals surface area contributed by atoms with Gasteiger partial charge >= 0.3 is 11.9 Å². The number of H-pyrrole nitrogens is 2. The number of aromatic nitrogens is 2. The lowest BCUT2D eigenvalue weighted by molar-refractivity contribution is -0.140. The van der Waals surface area contributed by atoms with Gasteiger partial charge in [-0.3, -0.25) is 14.9 Å². The van der Waals surface area contributed by atoms with E-state index in [9.17, 15) is 9.59 Å². The number of carboxylic acid groups (broad SMARTS) is 2. The van der Waals surface area contributed by atoms with Gasteiger partial charge in [0.05, 0.1) is 0 Å². The van der Waals surface area contributed by atoms with Crippen molar-refractivity contribution in [1.82, 2.24) is 15.3 Å². The number of para-hydroxylation sites is 2. The number of fused-ring (bicyclic) bond motifs is 4. The van der Waals surface area contributed by atoms with Gasteiger partial charge < -0.3 is 25.9 Å². The number of aromatic amines is 2. The van der Waals surface area contributed by atoms with Gasteiger partial charge in [0.1, 0.15) is 12.1 Å². The molecule has 31 heavy (non-hydrogen) atoms. The molecule has 0 fully saturated rings. The monoisotopic (exact) mass is 420 g/mol. The number of carbonyl (C=O) groups is 2. The zero-order valence-electron chi connectivity index (χ0n) is 16.8. The van der Waals surface area contributed by atoms with E-state index in [0.29, 0.717) is 19.4 Å².